The third kappa shape index (κ3) is 6.51. The fraction of sp³-hybridized carbons (Fsp3) is 0.364. The van der Waals surface area contributed by atoms with Gasteiger partial charge in [0.1, 0.15) is 24.6 Å². The standard InChI is InChI=1S/C33H39N5O6Si/c1-7-18-42-27-26(39)24(19-43-45(5,6)33(2,3)4)44-32(27)37-21-36-25-28(37)34-20-35-29(25)38(30(40)22-14-10-8-11-15-22)31(41)23-16-12-9-13-17-23/h7-17,20-21,24,26-27,32,39H,1,18-19H2,2-6H3/t24-,26-,27-,32-/m1/s1. The molecule has 0 spiro atoms. The maximum absolute atomic E-state index is 13.9. The number of carbonyl (C=O) groups excluding carboxylic acids is 2. The van der Waals surface area contributed by atoms with E-state index in [-0.39, 0.29) is 29.6 Å². The van der Waals surface area contributed by atoms with Crippen LogP contribution in [0.4, 0.5) is 5.82 Å². The number of hydrogen-bond donors (Lipinski definition) is 1. The van der Waals surface area contributed by atoms with Crippen LogP contribution in [0.25, 0.3) is 11.2 Å². The van der Waals surface area contributed by atoms with Gasteiger partial charge in [-0.1, -0.05) is 63.2 Å². The van der Waals surface area contributed by atoms with Crippen molar-refractivity contribution in [1.82, 2.24) is 19.5 Å². The van der Waals surface area contributed by atoms with E-state index in [0.717, 1.165) is 4.90 Å². The quantitative estimate of drug-likeness (QED) is 0.144. The van der Waals surface area contributed by atoms with Crippen molar-refractivity contribution in [2.75, 3.05) is 18.1 Å². The lowest BCUT2D eigenvalue weighted by molar-refractivity contribution is -0.0636. The minimum absolute atomic E-state index is 0.0152. The molecule has 2 aromatic heterocycles. The Balaban J connectivity index is 1.54. The molecule has 4 aromatic rings. The second kappa shape index (κ2) is 13.1. The smallest absolute Gasteiger partial charge is 0.266 e. The molecule has 5 rings (SSSR count). The normalized spacial score (nSPS) is 20.3. The van der Waals surface area contributed by atoms with Gasteiger partial charge in [-0.2, -0.15) is 0 Å². The van der Waals surface area contributed by atoms with E-state index >= 15 is 0 Å². The Bertz CT molecular complexity index is 1610. The number of aromatic nitrogens is 4. The first kappa shape index (κ1) is 32.3. The lowest BCUT2D eigenvalue weighted by atomic mass is 10.1. The maximum Gasteiger partial charge on any atom is 0.266 e. The predicted octanol–water partition coefficient (Wildman–Crippen LogP) is 5.16. The molecule has 0 bridgehead atoms. The lowest BCUT2D eigenvalue weighted by Gasteiger charge is -2.37. The van der Waals surface area contributed by atoms with Gasteiger partial charge < -0.3 is 19.0 Å². The average molecular weight is 630 g/mol. The van der Waals surface area contributed by atoms with Crippen LogP contribution in [0.3, 0.4) is 0 Å². The van der Waals surface area contributed by atoms with Crippen molar-refractivity contribution in [2.45, 2.75) is 63.4 Å². The summed E-state index contributed by atoms with van der Waals surface area (Å²) >= 11 is 0. The van der Waals surface area contributed by atoms with Gasteiger partial charge in [-0.05, 0) is 42.4 Å². The molecule has 45 heavy (non-hydrogen) atoms. The molecule has 4 atom stereocenters. The summed E-state index contributed by atoms with van der Waals surface area (Å²) in [6.07, 6.45) is 0.992. The summed E-state index contributed by atoms with van der Waals surface area (Å²) in [4.78, 5) is 42.1. The first-order chi connectivity index (χ1) is 21.4. The number of imide groups is 1. The number of carbonyl (C=O) groups is 2. The van der Waals surface area contributed by atoms with Crippen LogP contribution < -0.4 is 4.90 Å². The van der Waals surface area contributed by atoms with E-state index in [0.29, 0.717) is 16.8 Å². The highest BCUT2D eigenvalue weighted by Crippen LogP contribution is 2.39. The van der Waals surface area contributed by atoms with Crippen LogP contribution in [-0.2, 0) is 13.9 Å². The van der Waals surface area contributed by atoms with Crippen molar-refractivity contribution in [3.05, 3.63) is 97.1 Å². The number of nitrogens with zero attached hydrogens (tertiary/aromatic N) is 5. The highest BCUT2D eigenvalue weighted by atomic mass is 28.4. The number of anilines is 1. The molecular weight excluding hydrogens is 590 g/mol. The predicted molar refractivity (Wildman–Crippen MR) is 172 cm³/mol. The zero-order chi connectivity index (χ0) is 32.4. The van der Waals surface area contributed by atoms with Gasteiger partial charge in [0.15, 0.2) is 31.5 Å². The Morgan fingerprint density at radius 2 is 1.62 bits per heavy atom. The van der Waals surface area contributed by atoms with Crippen molar-refractivity contribution < 1.29 is 28.6 Å². The minimum Gasteiger partial charge on any atom is -0.414 e. The van der Waals surface area contributed by atoms with Crippen LogP contribution in [0.2, 0.25) is 18.1 Å². The zero-order valence-corrected chi connectivity index (χ0v) is 27.2. The minimum atomic E-state index is -2.14. The maximum atomic E-state index is 13.9. The highest BCUT2D eigenvalue weighted by Gasteiger charge is 2.48. The number of benzene rings is 2. The van der Waals surface area contributed by atoms with Gasteiger partial charge in [0.05, 0.1) is 19.5 Å². The SMILES string of the molecule is C=CCO[C@@H]1[C@H](O)[C@@H](CO[Si](C)(C)C(C)(C)C)O[C@H]1n1cnc2c(N(C(=O)c3ccccc3)C(=O)c3ccccc3)ncnc21. The fourth-order valence-corrected chi connectivity index (χ4v) is 5.85. The van der Waals surface area contributed by atoms with E-state index < -0.39 is 44.7 Å². The fourth-order valence-electron chi connectivity index (χ4n) is 4.84. The Morgan fingerprint density at radius 1 is 1.02 bits per heavy atom. The summed E-state index contributed by atoms with van der Waals surface area (Å²) in [6, 6.07) is 17.0. The van der Waals surface area contributed by atoms with Crippen molar-refractivity contribution in [1.29, 1.82) is 0 Å². The molecule has 1 N–H and O–H groups in total. The molecule has 1 aliphatic rings. The number of imidazole rings is 1. The Labute approximate surface area is 263 Å². The van der Waals surface area contributed by atoms with Gasteiger partial charge in [0.25, 0.3) is 11.8 Å². The van der Waals surface area contributed by atoms with E-state index in [1.54, 1.807) is 71.3 Å². The van der Waals surface area contributed by atoms with Gasteiger partial charge in [0, 0.05) is 11.1 Å². The van der Waals surface area contributed by atoms with Gasteiger partial charge in [-0.15, -0.1) is 6.58 Å². The number of fused-ring (bicyclic) bond motifs is 1. The summed E-state index contributed by atoms with van der Waals surface area (Å²) in [5.74, 6) is -1.12. The first-order valence-corrected chi connectivity index (χ1v) is 17.7. The second-order valence-electron chi connectivity index (χ2n) is 12.4. The van der Waals surface area contributed by atoms with Crippen molar-refractivity contribution in [3.63, 3.8) is 0 Å². The topological polar surface area (TPSA) is 129 Å². The average Bonchev–Trinajstić information content (AvgIpc) is 3.60. The number of rotatable bonds is 10. The number of aliphatic hydroxyl groups is 1. The molecule has 0 saturated carbocycles. The summed E-state index contributed by atoms with van der Waals surface area (Å²) in [5, 5.41) is 11.3. The second-order valence-corrected chi connectivity index (χ2v) is 17.2. The van der Waals surface area contributed by atoms with Gasteiger partial charge in [-0.3, -0.25) is 14.2 Å². The van der Waals surface area contributed by atoms with Crippen molar-refractivity contribution in [2.24, 2.45) is 0 Å². The number of aliphatic hydroxyl groups excluding tert-OH is 1. The summed E-state index contributed by atoms with van der Waals surface area (Å²) in [7, 11) is -2.14. The molecule has 0 radical (unpaired) electrons. The third-order valence-electron chi connectivity index (χ3n) is 8.41. The van der Waals surface area contributed by atoms with E-state index in [9.17, 15) is 14.7 Å². The zero-order valence-electron chi connectivity index (χ0n) is 26.2. The third-order valence-corrected chi connectivity index (χ3v) is 12.9. The number of amides is 2. The van der Waals surface area contributed by atoms with Crippen molar-refractivity contribution in [3.8, 4) is 0 Å². The molecule has 1 saturated heterocycles. The Kier molecular flexibility index (Phi) is 9.42. The molecular formula is C33H39N5O6Si. The molecule has 1 aliphatic heterocycles. The molecule has 12 heteroatoms. The van der Waals surface area contributed by atoms with Gasteiger partial charge in [0.2, 0.25) is 0 Å². The van der Waals surface area contributed by atoms with Crippen LogP contribution in [0.1, 0.15) is 47.7 Å². The van der Waals surface area contributed by atoms with Crippen LogP contribution in [0.15, 0.2) is 86.0 Å². The van der Waals surface area contributed by atoms with Gasteiger partial charge >= 0.3 is 0 Å². The first-order valence-electron chi connectivity index (χ1n) is 14.8. The summed E-state index contributed by atoms with van der Waals surface area (Å²) in [5.41, 5.74) is 1.10. The number of ether oxygens (including phenoxy) is 2. The van der Waals surface area contributed by atoms with E-state index in [2.05, 4.69) is 55.4 Å². The molecule has 236 valence electrons. The molecule has 11 nitrogen and oxygen atoms in total. The highest BCUT2D eigenvalue weighted by molar-refractivity contribution is 6.74. The molecule has 1 fully saturated rings. The van der Waals surface area contributed by atoms with E-state index in [4.69, 9.17) is 13.9 Å². The molecule has 3 heterocycles. The molecule has 0 aliphatic carbocycles. The number of hydrogen-bond acceptors (Lipinski definition) is 9. The molecule has 0 unspecified atom stereocenters. The van der Waals surface area contributed by atoms with Crippen LogP contribution in [0, 0.1) is 0 Å². The van der Waals surface area contributed by atoms with Gasteiger partial charge in [-0.25, -0.2) is 19.9 Å². The molecule has 2 aromatic carbocycles. The Morgan fingerprint density at radius 3 is 2.18 bits per heavy atom. The summed E-state index contributed by atoms with van der Waals surface area (Å²) in [6.45, 7) is 14.8. The van der Waals surface area contributed by atoms with Crippen LogP contribution in [0.5, 0.6) is 0 Å². The largest absolute Gasteiger partial charge is 0.414 e. The Hall–Kier alpha value is -4.07. The monoisotopic (exact) mass is 629 g/mol. The molecule has 2 amide bonds. The van der Waals surface area contributed by atoms with E-state index in [1.165, 1.54) is 12.7 Å². The summed E-state index contributed by atoms with van der Waals surface area (Å²) < 4.78 is 20.4. The van der Waals surface area contributed by atoms with Crippen molar-refractivity contribution >= 4 is 37.1 Å². The van der Waals surface area contributed by atoms with Crippen LogP contribution >= 0.6 is 0 Å². The van der Waals surface area contributed by atoms with E-state index in [1.807, 2.05) is 0 Å². The lowest BCUT2D eigenvalue weighted by Crippen LogP contribution is -2.44. The van der Waals surface area contributed by atoms with Crippen LogP contribution in [-0.4, -0.2) is 76.3 Å².